The molecule has 0 saturated heterocycles. The van der Waals surface area contributed by atoms with Gasteiger partial charge in [-0.15, -0.1) is 0 Å². The van der Waals surface area contributed by atoms with Crippen molar-refractivity contribution < 1.29 is 5.11 Å². The lowest BCUT2D eigenvalue weighted by molar-refractivity contribution is 0.271. The molecule has 1 aromatic carbocycles. The topological polar surface area (TPSA) is 75.3 Å². The molecule has 5 nitrogen and oxygen atoms in total. The molecule has 0 fully saturated rings. The van der Waals surface area contributed by atoms with Gasteiger partial charge in [-0.1, -0.05) is 33.6 Å². The molecule has 1 aromatic heterocycles. The maximum absolute atomic E-state index is 9.54. The number of halogens is 2. The Balaban J connectivity index is 2.13. The van der Waals surface area contributed by atoms with Crippen LogP contribution < -0.4 is 10.6 Å². The normalized spacial score (nSPS) is 17.4. The molecule has 0 radical (unpaired) electrons. The van der Waals surface area contributed by atoms with Gasteiger partial charge < -0.3 is 15.7 Å². The first kappa shape index (κ1) is 13.6. The average Bonchev–Trinajstić information content (AvgIpc) is 2.79. The summed E-state index contributed by atoms with van der Waals surface area (Å²) < 4.78 is 0.956. The molecule has 0 bridgehead atoms. The first-order valence-electron chi connectivity index (χ1n) is 6.06. The van der Waals surface area contributed by atoms with E-state index in [9.17, 15) is 5.11 Å². The number of nitrogen functional groups attached to an aromatic ring is 1. The number of aliphatic hydroxyl groups excluding tert-OH is 1. The van der Waals surface area contributed by atoms with E-state index < -0.39 is 0 Å². The Kier molecular flexibility index (Phi) is 3.54. The van der Waals surface area contributed by atoms with Crippen LogP contribution in [0.5, 0.6) is 0 Å². The second kappa shape index (κ2) is 5.20. The van der Waals surface area contributed by atoms with Crippen molar-refractivity contribution in [1.29, 1.82) is 0 Å². The van der Waals surface area contributed by atoms with Gasteiger partial charge in [0.25, 0.3) is 0 Å². The van der Waals surface area contributed by atoms with Crippen LogP contribution in [0.25, 0.3) is 0 Å². The molecule has 1 aliphatic rings. The summed E-state index contributed by atoms with van der Waals surface area (Å²) in [7, 11) is 0. The molecule has 3 N–H and O–H groups in total. The number of benzene rings is 1. The van der Waals surface area contributed by atoms with E-state index in [2.05, 4.69) is 25.9 Å². The smallest absolute Gasteiger partial charge is 0.222 e. The van der Waals surface area contributed by atoms with Gasteiger partial charge in [-0.25, -0.2) is 4.98 Å². The van der Waals surface area contributed by atoms with E-state index in [1.54, 1.807) is 0 Å². The molecule has 3 rings (SSSR count). The van der Waals surface area contributed by atoms with Crippen molar-refractivity contribution >= 4 is 45.0 Å². The highest BCUT2D eigenvalue weighted by atomic mass is 79.9. The van der Waals surface area contributed by atoms with Gasteiger partial charge in [0.1, 0.15) is 5.02 Å². The van der Waals surface area contributed by atoms with Crippen molar-refractivity contribution in [3.05, 3.63) is 39.5 Å². The van der Waals surface area contributed by atoms with Crippen molar-refractivity contribution in [3.8, 4) is 0 Å². The molecule has 1 unspecified atom stereocenters. The zero-order valence-corrected chi connectivity index (χ0v) is 12.8. The number of hydrogen-bond donors (Lipinski definition) is 2. The Bertz CT molecular complexity index is 667. The van der Waals surface area contributed by atoms with Gasteiger partial charge in [0, 0.05) is 22.6 Å². The molecule has 1 atom stereocenters. The van der Waals surface area contributed by atoms with E-state index in [1.165, 1.54) is 6.20 Å². The van der Waals surface area contributed by atoms with Gasteiger partial charge in [0.2, 0.25) is 5.95 Å². The number of rotatable bonds is 2. The summed E-state index contributed by atoms with van der Waals surface area (Å²) in [6, 6.07) is 5.94. The minimum Gasteiger partial charge on any atom is -0.396 e. The van der Waals surface area contributed by atoms with Gasteiger partial charge in [-0.3, -0.25) is 0 Å². The van der Waals surface area contributed by atoms with Crippen LogP contribution in [-0.2, 0) is 0 Å². The summed E-state index contributed by atoms with van der Waals surface area (Å²) in [6.07, 6.45) is 1.49. The molecule has 0 amide bonds. The van der Waals surface area contributed by atoms with E-state index in [0.29, 0.717) is 17.4 Å². The van der Waals surface area contributed by atoms with E-state index in [1.807, 2.05) is 23.1 Å². The van der Waals surface area contributed by atoms with Crippen LogP contribution in [-0.4, -0.2) is 28.2 Å². The molecule has 2 aromatic rings. The van der Waals surface area contributed by atoms with Crippen molar-refractivity contribution in [2.45, 2.75) is 5.92 Å². The molecule has 0 aliphatic carbocycles. The number of nitrogens with zero attached hydrogens (tertiary/aromatic N) is 3. The van der Waals surface area contributed by atoms with Crippen LogP contribution in [0.2, 0.25) is 5.02 Å². The van der Waals surface area contributed by atoms with Crippen LogP contribution in [0.15, 0.2) is 28.9 Å². The molecule has 20 heavy (non-hydrogen) atoms. The molecular formula is C13H12BrClN4O. The second-order valence-corrected chi connectivity index (χ2v) is 5.92. The summed E-state index contributed by atoms with van der Waals surface area (Å²) in [5.41, 5.74) is 7.69. The van der Waals surface area contributed by atoms with Gasteiger partial charge in [0.15, 0.2) is 5.82 Å². The number of hydrogen-bond acceptors (Lipinski definition) is 5. The Morgan fingerprint density at radius 1 is 1.50 bits per heavy atom. The highest BCUT2D eigenvalue weighted by Gasteiger charge is 2.31. The number of aromatic nitrogens is 2. The Hall–Kier alpha value is -1.37. The highest BCUT2D eigenvalue weighted by molar-refractivity contribution is 9.10. The van der Waals surface area contributed by atoms with E-state index in [4.69, 9.17) is 17.3 Å². The van der Waals surface area contributed by atoms with E-state index in [0.717, 1.165) is 15.7 Å². The minimum atomic E-state index is 0.0327. The van der Waals surface area contributed by atoms with Gasteiger partial charge in [-0.05, 0) is 17.7 Å². The van der Waals surface area contributed by atoms with Crippen LogP contribution in [0.1, 0.15) is 11.5 Å². The minimum absolute atomic E-state index is 0.0327. The third-order valence-corrected chi connectivity index (χ3v) is 4.11. The summed E-state index contributed by atoms with van der Waals surface area (Å²) >= 11 is 9.64. The standard InChI is InChI=1S/C13H12BrClN4O/c14-8-1-2-9-7(6-20)5-19(11(9)3-8)12-10(15)4-17-13(16)18-12/h1-4,7,20H,5-6H2,(H2,16,17,18). The van der Waals surface area contributed by atoms with Gasteiger partial charge >= 0.3 is 0 Å². The maximum Gasteiger partial charge on any atom is 0.222 e. The fourth-order valence-electron chi connectivity index (χ4n) is 2.43. The summed E-state index contributed by atoms with van der Waals surface area (Å²) in [6.45, 7) is 0.682. The highest BCUT2D eigenvalue weighted by Crippen LogP contribution is 2.43. The fraction of sp³-hybridized carbons (Fsp3) is 0.231. The summed E-state index contributed by atoms with van der Waals surface area (Å²) in [5.74, 6) is 0.771. The lowest BCUT2D eigenvalue weighted by Crippen LogP contribution is -2.19. The molecule has 1 aliphatic heterocycles. The molecule has 104 valence electrons. The third-order valence-electron chi connectivity index (χ3n) is 3.35. The van der Waals surface area contributed by atoms with Crippen molar-refractivity contribution in [1.82, 2.24) is 9.97 Å². The largest absolute Gasteiger partial charge is 0.396 e. The van der Waals surface area contributed by atoms with Crippen molar-refractivity contribution in [3.63, 3.8) is 0 Å². The van der Waals surface area contributed by atoms with Crippen LogP contribution in [0.4, 0.5) is 17.5 Å². The number of nitrogens with two attached hydrogens (primary N) is 1. The van der Waals surface area contributed by atoms with Crippen LogP contribution >= 0.6 is 27.5 Å². The first-order valence-corrected chi connectivity index (χ1v) is 7.23. The lowest BCUT2D eigenvalue weighted by Gasteiger charge is -2.20. The number of fused-ring (bicyclic) bond motifs is 1. The van der Waals surface area contributed by atoms with E-state index in [-0.39, 0.29) is 18.5 Å². The SMILES string of the molecule is Nc1ncc(Cl)c(N2CC(CO)c3ccc(Br)cc32)n1. The van der Waals surface area contributed by atoms with Crippen LogP contribution in [0.3, 0.4) is 0 Å². The maximum atomic E-state index is 9.54. The molecule has 2 heterocycles. The predicted molar refractivity (Wildman–Crippen MR) is 82.4 cm³/mol. The van der Waals surface area contributed by atoms with E-state index >= 15 is 0 Å². The Labute approximate surface area is 129 Å². The first-order chi connectivity index (χ1) is 9.60. The predicted octanol–water partition coefficient (Wildman–Crippen LogP) is 2.70. The summed E-state index contributed by atoms with van der Waals surface area (Å²) in [4.78, 5) is 10.0. The third kappa shape index (κ3) is 2.24. The second-order valence-electron chi connectivity index (χ2n) is 4.59. The number of aliphatic hydroxyl groups is 1. The van der Waals surface area contributed by atoms with Crippen LogP contribution in [0, 0.1) is 0 Å². The molecule has 0 saturated carbocycles. The zero-order chi connectivity index (χ0) is 14.3. The number of anilines is 3. The zero-order valence-electron chi connectivity index (χ0n) is 10.4. The quantitative estimate of drug-likeness (QED) is 0.866. The van der Waals surface area contributed by atoms with Gasteiger partial charge in [0.05, 0.1) is 12.8 Å². The molecular weight excluding hydrogens is 344 g/mol. The Morgan fingerprint density at radius 2 is 2.30 bits per heavy atom. The molecule has 7 heteroatoms. The van der Waals surface area contributed by atoms with Crippen molar-refractivity contribution in [2.24, 2.45) is 0 Å². The summed E-state index contributed by atoms with van der Waals surface area (Å²) in [5, 5.41) is 9.98. The monoisotopic (exact) mass is 354 g/mol. The lowest BCUT2D eigenvalue weighted by atomic mass is 10.0. The average molecular weight is 356 g/mol. The van der Waals surface area contributed by atoms with Gasteiger partial charge in [-0.2, -0.15) is 4.98 Å². The molecule has 0 spiro atoms. The van der Waals surface area contributed by atoms with Crippen molar-refractivity contribution in [2.75, 3.05) is 23.8 Å². The fourth-order valence-corrected chi connectivity index (χ4v) is 2.97. The Morgan fingerprint density at radius 3 is 3.05 bits per heavy atom.